The van der Waals surface area contributed by atoms with Crippen molar-refractivity contribution in [3.8, 4) is 0 Å². The summed E-state index contributed by atoms with van der Waals surface area (Å²) >= 11 is 12.2. The molecule has 1 N–H and O–H groups in total. The maximum atomic E-state index is 6.12. The summed E-state index contributed by atoms with van der Waals surface area (Å²) in [6, 6.07) is 16.8. The van der Waals surface area contributed by atoms with Crippen LogP contribution in [0, 0.1) is 0 Å². The minimum Gasteiger partial charge on any atom is -0.307 e. The van der Waals surface area contributed by atoms with Gasteiger partial charge in [0.2, 0.25) is 0 Å². The zero-order valence-electron chi connectivity index (χ0n) is 11.7. The zero-order valence-corrected chi connectivity index (χ0v) is 13.2. The minimum atomic E-state index is 0.202. The van der Waals surface area contributed by atoms with Crippen LogP contribution < -0.4 is 5.32 Å². The summed E-state index contributed by atoms with van der Waals surface area (Å²) in [5.74, 6) is 0. The van der Waals surface area contributed by atoms with Crippen molar-refractivity contribution in [1.82, 2.24) is 5.32 Å². The second-order valence-corrected chi connectivity index (χ2v) is 6.14. The zero-order chi connectivity index (χ0) is 14.5. The maximum absolute atomic E-state index is 6.12. The van der Waals surface area contributed by atoms with Crippen LogP contribution in [0.4, 0.5) is 0 Å². The molecule has 1 nitrogen and oxygen atoms in total. The van der Waals surface area contributed by atoms with Gasteiger partial charge in [0.05, 0.1) is 0 Å². The van der Waals surface area contributed by atoms with Gasteiger partial charge in [-0.1, -0.05) is 67.4 Å². The van der Waals surface area contributed by atoms with Gasteiger partial charge in [-0.15, -0.1) is 0 Å². The summed E-state index contributed by atoms with van der Waals surface area (Å²) in [4.78, 5) is 0. The van der Waals surface area contributed by atoms with Crippen molar-refractivity contribution in [2.75, 3.05) is 0 Å². The molecule has 20 heavy (non-hydrogen) atoms. The molecule has 2 rings (SSSR count). The number of hydrogen-bond acceptors (Lipinski definition) is 1. The third-order valence-electron chi connectivity index (χ3n) is 3.10. The number of rotatable bonds is 5. The van der Waals surface area contributed by atoms with Gasteiger partial charge >= 0.3 is 0 Å². The Morgan fingerprint density at radius 3 is 2.10 bits per heavy atom. The molecule has 1 unspecified atom stereocenters. The third-order valence-corrected chi connectivity index (χ3v) is 3.54. The largest absolute Gasteiger partial charge is 0.307 e. The van der Waals surface area contributed by atoms with Crippen molar-refractivity contribution in [3.63, 3.8) is 0 Å². The molecule has 0 aliphatic rings. The molecule has 0 saturated carbocycles. The molecular weight excluding hydrogens is 289 g/mol. The van der Waals surface area contributed by atoms with Crippen LogP contribution >= 0.6 is 23.2 Å². The molecule has 0 spiro atoms. The average Bonchev–Trinajstić information content (AvgIpc) is 2.37. The molecule has 0 amide bonds. The first-order valence-electron chi connectivity index (χ1n) is 6.80. The van der Waals surface area contributed by atoms with Gasteiger partial charge in [-0.25, -0.2) is 0 Å². The smallest absolute Gasteiger partial charge is 0.0424 e. The first kappa shape index (κ1) is 15.4. The Bertz CT molecular complexity index is 532. The van der Waals surface area contributed by atoms with Gasteiger partial charge in [0.15, 0.2) is 0 Å². The van der Waals surface area contributed by atoms with Crippen LogP contribution in [0.2, 0.25) is 10.0 Å². The highest BCUT2D eigenvalue weighted by Gasteiger charge is 2.14. The van der Waals surface area contributed by atoms with Gasteiger partial charge in [0, 0.05) is 22.1 Å². The van der Waals surface area contributed by atoms with E-state index in [0.29, 0.717) is 16.1 Å². The fourth-order valence-corrected chi connectivity index (χ4v) is 2.84. The molecule has 0 aliphatic heterocycles. The van der Waals surface area contributed by atoms with Crippen molar-refractivity contribution in [3.05, 3.63) is 69.7 Å². The predicted molar refractivity (Wildman–Crippen MR) is 87.6 cm³/mol. The fraction of sp³-hybridized carbons (Fsp3) is 0.294. The molecule has 3 heteroatoms. The van der Waals surface area contributed by atoms with E-state index in [1.165, 1.54) is 5.56 Å². The normalized spacial score (nSPS) is 12.7. The molecule has 106 valence electrons. The second kappa shape index (κ2) is 7.12. The van der Waals surface area contributed by atoms with E-state index in [4.69, 9.17) is 23.2 Å². The number of benzene rings is 2. The van der Waals surface area contributed by atoms with Gasteiger partial charge in [-0.05, 0) is 35.7 Å². The predicted octanol–water partition coefficient (Wildman–Crippen LogP) is 5.28. The van der Waals surface area contributed by atoms with Crippen LogP contribution in [0.1, 0.15) is 31.0 Å². The van der Waals surface area contributed by atoms with E-state index < -0.39 is 0 Å². The first-order chi connectivity index (χ1) is 9.54. The second-order valence-electron chi connectivity index (χ2n) is 5.27. The SMILES string of the molecule is CC(C)NC(Cc1ccccc1)c1cc(Cl)cc(Cl)c1. The molecule has 0 aromatic heterocycles. The van der Waals surface area contributed by atoms with Gasteiger partial charge in [-0.3, -0.25) is 0 Å². The molecule has 2 aromatic rings. The summed E-state index contributed by atoms with van der Waals surface area (Å²) in [6.45, 7) is 4.29. The Labute approximate surface area is 130 Å². The summed E-state index contributed by atoms with van der Waals surface area (Å²) < 4.78 is 0. The van der Waals surface area contributed by atoms with Crippen LogP contribution in [0.3, 0.4) is 0 Å². The minimum absolute atomic E-state index is 0.202. The van der Waals surface area contributed by atoms with Gasteiger partial charge < -0.3 is 5.32 Å². The lowest BCUT2D eigenvalue weighted by Gasteiger charge is -2.22. The topological polar surface area (TPSA) is 12.0 Å². The summed E-state index contributed by atoms with van der Waals surface area (Å²) in [5, 5.41) is 4.94. The third kappa shape index (κ3) is 4.52. The lowest BCUT2D eigenvalue weighted by molar-refractivity contribution is 0.475. The van der Waals surface area contributed by atoms with E-state index in [2.05, 4.69) is 43.4 Å². The Kier molecular flexibility index (Phi) is 5.47. The monoisotopic (exact) mass is 307 g/mol. The van der Waals surface area contributed by atoms with E-state index in [1.54, 1.807) is 6.07 Å². The van der Waals surface area contributed by atoms with E-state index in [9.17, 15) is 0 Å². The molecule has 0 heterocycles. The van der Waals surface area contributed by atoms with Crippen LogP contribution in [0.15, 0.2) is 48.5 Å². The molecular formula is C17H19Cl2N. The highest BCUT2D eigenvalue weighted by molar-refractivity contribution is 6.34. The van der Waals surface area contributed by atoms with Crippen molar-refractivity contribution in [1.29, 1.82) is 0 Å². The molecule has 0 fully saturated rings. The molecule has 0 radical (unpaired) electrons. The Hall–Kier alpha value is -1.02. The molecule has 2 aromatic carbocycles. The lowest BCUT2D eigenvalue weighted by Crippen LogP contribution is -2.29. The number of halogens is 2. The highest BCUT2D eigenvalue weighted by Crippen LogP contribution is 2.26. The summed E-state index contributed by atoms with van der Waals surface area (Å²) in [5.41, 5.74) is 2.42. The van der Waals surface area contributed by atoms with Gasteiger partial charge in [0.25, 0.3) is 0 Å². The molecule has 0 saturated heterocycles. The van der Waals surface area contributed by atoms with E-state index in [1.807, 2.05) is 18.2 Å². The van der Waals surface area contributed by atoms with E-state index in [0.717, 1.165) is 12.0 Å². The fourth-order valence-electron chi connectivity index (χ4n) is 2.30. The van der Waals surface area contributed by atoms with Crippen LogP contribution in [0.5, 0.6) is 0 Å². The Morgan fingerprint density at radius 1 is 0.950 bits per heavy atom. The van der Waals surface area contributed by atoms with Crippen molar-refractivity contribution in [2.45, 2.75) is 32.4 Å². The van der Waals surface area contributed by atoms with Crippen LogP contribution in [-0.2, 0) is 6.42 Å². The average molecular weight is 308 g/mol. The molecule has 0 bridgehead atoms. The molecule has 0 aliphatic carbocycles. The van der Waals surface area contributed by atoms with Crippen LogP contribution in [0.25, 0.3) is 0 Å². The lowest BCUT2D eigenvalue weighted by atomic mass is 9.98. The molecule has 1 atom stereocenters. The number of nitrogens with one attached hydrogen (secondary N) is 1. The van der Waals surface area contributed by atoms with Crippen molar-refractivity contribution in [2.24, 2.45) is 0 Å². The Balaban J connectivity index is 2.27. The van der Waals surface area contributed by atoms with E-state index >= 15 is 0 Å². The van der Waals surface area contributed by atoms with Crippen LogP contribution in [-0.4, -0.2) is 6.04 Å². The van der Waals surface area contributed by atoms with Gasteiger partial charge in [-0.2, -0.15) is 0 Å². The maximum Gasteiger partial charge on any atom is 0.0424 e. The highest BCUT2D eigenvalue weighted by atomic mass is 35.5. The summed E-state index contributed by atoms with van der Waals surface area (Å²) in [7, 11) is 0. The van der Waals surface area contributed by atoms with Crippen molar-refractivity contribution >= 4 is 23.2 Å². The Morgan fingerprint density at radius 2 is 1.55 bits per heavy atom. The van der Waals surface area contributed by atoms with Crippen molar-refractivity contribution < 1.29 is 0 Å². The first-order valence-corrected chi connectivity index (χ1v) is 7.56. The van der Waals surface area contributed by atoms with E-state index in [-0.39, 0.29) is 6.04 Å². The van der Waals surface area contributed by atoms with Gasteiger partial charge in [0.1, 0.15) is 0 Å². The number of hydrogen-bond donors (Lipinski definition) is 1. The standard InChI is InChI=1S/C17H19Cl2N/c1-12(2)20-17(8-13-6-4-3-5-7-13)14-9-15(18)11-16(19)10-14/h3-7,9-12,17,20H,8H2,1-2H3. The summed E-state index contributed by atoms with van der Waals surface area (Å²) in [6.07, 6.45) is 0.912. The quantitative estimate of drug-likeness (QED) is 0.793.